The third kappa shape index (κ3) is 2.04. The van der Waals surface area contributed by atoms with E-state index >= 15 is 0 Å². The molecule has 0 fully saturated rings. The molecule has 0 radical (unpaired) electrons. The number of aromatic nitrogens is 2. The molecule has 1 aromatic heterocycles. The minimum atomic E-state index is 0.588. The molecule has 16 heavy (non-hydrogen) atoms. The van der Waals surface area contributed by atoms with Crippen LogP contribution in [0.2, 0.25) is 0 Å². The van der Waals surface area contributed by atoms with Crippen molar-refractivity contribution >= 4 is 5.69 Å². The van der Waals surface area contributed by atoms with Crippen LogP contribution in [0.3, 0.4) is 0 Å². The zero-order chi connectivity index (χ0) is 11.4. The quantitative estimate of drug-likeness (QED) is 0.819. The third-order valence-electron chi connectivity index (χ3n) is 2.39. The van der Waals surface area contributed by atoms with Crippen LogP contribution in [0.25, 0.3) is 0 Å². The first kappa shape index (κ1) is 10.2. The fourth-order valence-electron chi connectivity index (χ4n) is 1.54. The number of nitriles is 1. The van der Waals surface area contributed by atoms with E-state index in [2.05, 4.69) is 21.4 Å². The molecule has 1 heterocycles. The summed E-state index contributed by atoms with van der Waals surface area (Å²) in [6.45, 7) is 2.52. The second-order valence-corrected chi connectivity index (χ2v) is 3.50. The third-order valence-corrected chi connectivity index (χ3v) is 2.39. The number of aryl methyl sites for hydroxylation is 1. The Morgan fingerprint density at radius 1 is 1.50 bits per heavy atom. The molecule has 0 amide bonds. The normalized spacial score (nSPS) is 9.75. The molecule has 0 bridgehead atoms. The maximum absolute atomic E-state index is 9.04. The number of imidazole rings is 1. The van der Waals surface area contributed by atoms with E-state index in [4.69, 9.17) is 5.26 Å². The van der Waals surface area contributed by atoms with Crippen LogP contribution in [0, 0.1) is 18.3 Å². The van der Waals surface area contributed by atoms with E-state index in [1.807, 2.05) is 25.1 Å². The lowest BCUT2D eigenvalue weighted by molar-refractivity contribution is 0.998. The summed E-state index contributed by atoms with van der Waals surface area (Å²) in [5.41, 5.74) is 2.51. The van der Waals surface area contributed by atoms with Gasteiger partial charge in [0.05, 0.1) is 17.8 Å². The molecule has 0 saturated carbocycles. The average Bonchev–Trinajstić information content (AvgIpc) is 2.79. The van der Waals surface area contributed by atoms with E-state index in [-0.39, 0.29) is 0 Å². The second-order valence-electron chi connectivity index (χ2n) is 3.50. The van der Waals surface area contributed by atoms with Gasteiger partial charge in [-0.05, 0) is 18.6 Å². The number of rotatable bonds is 3. The summed E-state index contributed by atoms with van der Waals surface area (Å²) in [5, 5.41) is 12.2. The lowest BCUT2D eigenvalue weighted by atomic mass is 10.1. The van der Waals surface area contributed by atoms with Crippen molar-refractivity contribution in [3.63, 3.8) is 0 Å². The Hall–Kier alpha value is -2.28. The van der Waals surface area contributed by atoms with Crippen molar-refractivity contribution in [3.05, 3.63) is 47.5 Å². The molecule has 4 heteroatoms. The van der Waals surface area contributed by atoms with Crippen LogP contribution < -0.4 is 5.32 Å². The molecular formula is C12H12N4. The number of benzene rings is 1. The van der Waals surface area contributed by atoms with Crippen molar-refractivity contribution < 1.29 is 0 Å². The van der Waals surface area contributed by atoms with Crippen molar-refractivity contribution in [2.24, 2.45) is 0 Å². The second kappa shape index (κ2) is 4.49. The van der Waals surface area contributed by atoms with Gasteiger partial charge in [-0.1, -0.05) is 12.1 Å². The molecule has 2 rings (SSSR count). The Labute approximate surface area is 94.0 Å². The maximum Gasteiger partial charge on any atom is 0.125 e. The Morgan fingerprint density at radius 2 is 2.38 bits per heavy atom. The van der Waals surface area contributed by atoms with Gasteiger partial charge in [0.1, 0.15) is 11.9 Å². The first-order valence-corrected chi connectivity index (χ1v) is 5.03. The van der Waals surface area contributed by atoms with Gasteiger partial charge in [0, 0.05) is 12.4 Å². The van der Waals surface area contributed by atoms with Crippen LogP contribution >= 0.6 is 0 Å². The fraction of sp³-hybridized carbons (Fsp3) is 0.167. The minimum absolute atomic E-state index is 0.588. The molecule has 2 aromatic rings. The fourth-order valence-corrected chi connectivity index (χ4v) is 1.54. The molecule has 0 aliphatic rings. The standard InChI is InChI=1S/C12H12N4/c1-9-3-2-4-11(10(9)7-13)16-8-12-14-5-6-15-12/h2-6,16H,8H2,1H3,(H,14,15). The minimum Gasteiger partial charge on any atom is -0.377 e. The topological polar surface area (TPSA) is 64.5 Å². The van der Waals surface area contributed by atoms with Crippen LogP contribution in [-0.4, -0.2) is 9.97 Å². The van der Waals surface area contributed by atoms with Crippen molar-refractivity contribution in [2.45, 2.75) is 13.5 Å². The van der Waals surface area contributed by atoms with Gasteiger partial charge in [-0.2, -0.15) is 5.26 Å². The average molecular weight is 212 g/mol. The van der Waals surface area contributed by atoms with Gasteiger partial charge in [0.25, 0.3) is 0 Å². The van der Waals surface area contributed by atoms with Crippen LogP contribution in [0.15, 0.2) is 30.6 Å². The number of hydrogen-bond donors (Lipinski definition) is 2. The van der Waals surface area contributed by atoms with Crippen LogP contribution in [0.4, 0.5) is 5.69 Å². The number of aromatic amines is 1. The zero-order valence-corrected chi connectivity index (χ0v) is 8.99. The van der Waals surface area contributed by atoms with Gasteiger partial charge in [-0.25, -0.2) is 4.98 Å². The van der Waals surface area contributed by atoms with E-state index < -0.39 is 0 Å². The largest absolute Gasteiger partial charge is 0.377 e. The van der Waals surface area contributed by atoms with Crippen LogP contribution in [0.5, 0.6) is 0 Å². The lowest BCUT2D eigenvalue weighted by Gasteiger charge is -2.08. The van der Waals surface area contributed by atoms with Crippen molar-refractivity contribution in [3.8, 4) is 6.07 Å². The zero-order valence-electron chi connectivity index (χ0n) is 8.99. The van der Waals surface area contributed by atoms with Gasteiger partial charge in [-0.3, -0.25) is 0 Å². The highest BCUT2D eigenvalue weighted by Gasteiger charge is 2.04. The lowest BCUT2D eigenvalue weighted by Crippen LogP contribution is -2.03. The Kier molecular flexibility index (Phi) is 2.88. The predicted molar refractivity (Wildman–Crippen MR) is 61.8 cm³/mol. The van der Waals surface area contributed by atoms with E-state index in [0.29, 0.717) is 12.1 Å². The molecular weight excluding hydrogens is 200 g/mol. The summed E-state index contributed by atoms with van der Waals surface area (Å²) in [6.07, 6.45) is 3.48. The molecule has 0 aliphatic heterocycles. The van der Waals surface area contributed by atoms with E-state index in [1.54, 1.807) is 12.4 Å². The first-order chi connectivity index (χ1) is 7.81. The van der Waals surface area contributed by atoms with E-state index in [9.17, 15) is 0 Å². The number of nitrogens with one attached hydrogen (secondary N) is 2. The number of H-pyrrole nitrogens is 1. The summed E-state index contributed by atoms with van der Waals surface area (Å²) in [4.78, 5) is 7.11. The van der Waals surface area contributed by atoms with Crippen molar-refractivity contribution in [2.75, 3.05) is 5.32 Å². The molecule has 80 valence electrons. The molecule has 4 nitrogen and oxygen atoms in total. The molecule has 0 spiro atoms. The van der Waals surface area contributed by atoms with Gasteiger partial charge in [-0.15, -0.1) is 0 Å². The van der Waals surface area contributed by atoms with Crippen molar-refractivity contribution in [1.29, 1.82) is 5.26 Å². The Bertz CT molecular complexity index is 508. The summed E-state index contributed by atoms with van der Waals surface area (Å²) < 4.78 is 0. The van der Waals surface area contributed by atoms with Crippen LogP contribution in [-0.2, 0) is 6.54 Å². The SMILES string of the molecule is Cc1cccc(NCc2ncc[nH]2)c1C#N. The molecule has 1 aromatic carbocycles. The monoisotopic (exact) mass is 212 g/mol. The Balaban J connectivity index is 2.16. The summed E-state index contributed by atoms with van der Waals surface area (Å²) in [6, 6.07) is 7.96. The van der Waals surface area contributed by atoms with Gasteiger partial charge in [0.15, 0.2) is 0 Å². The summed E-state index contributed by atoms with van der Waals surface area (Å²) in [5.74, 6) is 0.852. The summed E-state index contributed by atoms with van der Waals surface area (Å²) in [7, 11) is 0. The highest BCUT2D eigenvalue weighted by atomic mass is 15.0. The smallest absolute Gasteiger partial charge is 0.125 e. The molecule has 0 aliphatic carbocycles. The number of anilines is 1. The number of nitrogens with zero attached hydrogens (tertiary/aromatic N) is 2. The van der Waals surface area contributed by atoms with Gasteiger partial charge in [0.2, 0.25) is 0 Å². The maximum atomic E-state index is 9.04. The summed E-state index contributed by atoms with van der Waals surface area (Å²) >= 11 is 0. The highest BCUT2D eigenvalue weighted by molar-refractivity contribution is 5.60. The molecule has 0 unspecified atom stereocenters. The Morgan fingerprint density at radius 3 is 3.06 bits per heavy atom. The van der Waals surface area contributed by atoms with Gasteiger partial charge >= 0.3 is 0 Å². The molecule has 0 saturated heterocycles. The molecule has 2 N–H and O–H groups in total. The van der Waals surface area contributed by atoms with Crippen molar-refractivity contribution in [1.82, 2.24) is 9.97 Å². The van der Waals surface area contributed by atoms with E-state index in [0.717, 1.165) is 17.1 Å². The van der Waals surface area contributed by atoms with Crippen LogP contribution in [0.1, 0.15) is 17.0 Å². The highest BCUT2D eigenvalue weighted by Crippen LogP contribution is 2.18. The van der Waals surface area contributed by atoms with Gasteiger partial charge < -0.3 is 10.3 Å². The molecule has 0 atom stereocenters. The predicted octanol–water partition coefficient (Wildman–Crippen LogP) is 2.20. The van der Waals surface area contributed by atoms with E-state index in [1.165, 1.54) is 0 Å². The number of hydrogen-bond acceptors (Lipinski definition) is 3. The first-order valence-electron chi connectivity index (χ1n) is 5.03.